The van der Waals surface area contributed by atoms with Crippen molar-refractivity contribution in [2.45, 2.75) is 37.5 Å². The van der Waals surface area contributed by atoms with Crippen LogP contribution in [0, 0.1) is 17.7 Å². The SMILES string of the molecule is Cn1cc(C2NNC3CC4NC(=O)N(Cc5ccc(F)c(Cl)c5)CC4CC32)ccc1=O. The second-order valence-corrected chi connectivity index (χ2v) is 9.27. The Morgan fingerprint density at radius 3 is 2.74 bits per heavy atom. The van der Waals surface area contributed by atoms with Gasteiger partial charge in [0.1, 0.15) is 5.82 Å². The average Bonchev–Trinajstić information content (AvgIpc) is 3.14. The van der Waals surface area contributed by atoms with E-state index in [0.29, 0.717) is 24.9 Å². The summed E-state index contributed by atoms with van der Waals surface area (Å²) in [5, 5.41) is 3.23. The van der Waals surface area contributed by atoms with Gasteiger partial charge in [-0.15, -0.1) is 0 Å². The van der Waals surface area contributed by atoms with Gasteiger partial charge < -0.3 is 14.8 Å². The molecule has 0 bridgehead atoms. The van der Waals surface area contributed by atoms with E-state index in [2.05, 4.69) is 16.2 Å². The first kappa shape index (κ1) is 20.5. The molecule has 0 radical (unpaired) electrons. The number of rotatable bonds is 3. The van der Waals surface area contributed by atoms with Crippen LogP contribution in [0.1, 0.15) is 30.0 Å². The molecule has 3 aliphatic rings. The first-order valence-corrected chi connectivity index (χ1v) is 10.9. The molecule has 3 N–H and O–H groups in total. The molecule has 3 heterocycles. The van der Waals surface area contributed by atoms with Crippen molar-refractivity contribution in [3.8, 4) is 0 Å². The van der Waals surface area contributed by atoms with Crippen LogP contribution < -0.4 is 21.7 Å². The third-order valence-electron chi connectivity index (χ3n) is 6.90. The van der Waals surface area contributed by atoms with Gasteiger partial charge in [0.2, 0.25) is 5.56 Å². The Bertz CT molecular complexity index is 1080. The normalized spacial score (nSPS) is 30.0. The number of nitrogens with zero attached hydrogens (tertiary/aromatic N) is 2. The van der Waals surface area contributed by atoms with E-state index in [1.54, 1.807) is 34.7 Å². The lowest BCUT2D eigenvalue weighted by molar-refractivity contribution is 0.0961. The average molecular weight is 446 g/mol. The summed E-state index contributed by atoms with van der Waals surface area (Å²) in [6, 6.07) is 8.46. The van der Waals surface area contributed by atoms with Crippen LogP contribution in [0.15, 0.2) is 41.3 Å². The van der Waals surface area contributed by atoms with E-state index in [-0.39, 0.29) is 34.7 Å². The van der Waals surface area contributed by atoms with Crippen molar-refractivity contribution in [2.24, 2.45) is 18.9 Å². The number of nitrogens with one attached hydrogen (secondary N) is 3. The highest BCUT2D eigenvalue weighted by Gasteiger charge is 2.47. The van der Waals surface area contributed by atoms with E-state index in [4.69, 9.17) is 11.6 Å². The minimum Gasteiger partial charge on any atom is -0.335 e. The van der Waals surface area contributed by atoms with Crippen LogP contribution in [-0.4, -0.2) is 34.1 Å². The number of urea groups is 1. The van der Waals surface area contributed by atoms with Crippen molar-refractivity contribution in [1.29, 1.82) is 0 Å². The predicted octanol–water partition coefficient (Wildman–Crippen LogP) is 2.32. The summed E-state index contributed by atoms with van der Waals surface area (Å²) >= 11 is 5.91. The fourth-order valence-corrected chi connectivity index (χ4v) is 5.48. The van der Waals surface area contributed by atoms with Gasteiger partial charge >= 0.3 is 6.03 Å². The van der Waals surface area contributed by atoms with Crippen LogP contribution in [0.4, 0.5) is 9.18 Å². The minimum atomic E-state index is -0.461. The second-order valence-electron chi connectivity index (χ2n) is 8.86. The van der Waals surface area contributed by atoms with E-state index >= 15 is 0 Å². The zero-order valence-corrected chi connectivity index (χ0v) is 17.9. The Hall–Kier alpha value is -2.42. The summed E-state index contributed by atoms with van der Waals surface area (Å²) in [7, 11) is 1.76. The molecule has 3 fully saturated rings. The molecule has 1 aromatic heterocycles. The molecule has 5 atom stereocenters. The van der Waals surface area contributed by atoms with Crippen LogP contribution in [0.3, 0.4) is 0 Å². The van der Waals surface area contributed by atoms with Gasteiger partial charge in [0.05, 0.1) is 11.1 Å². The summed E-state index contributed by atoms with van der Waals surface area (Å²) in [4.78, 5) is 26.2. The topological polar surface area (TPSA) is 78.4 Å². The number of halogens is 2. The molecule has 2 amide bonds. The number of benzene rings is 1. The van der Waals surface area contributed by atoms with E-state index in [1.165, 1.54) is 6.07 Å². The molecule has 5 rings (SSSR count). The molecule has 1 aliphatic carbocycles. The van der Waals surface area contributed by atoms with Gasteiger partial charge in [-0.1, -0.05) is 23.7 Å². The van der Waals surface area contributed by atoms with Crippen molar-refractivity contribution < 1.29 is 9.18 Å². The lowest BCUT2D eigenvalue weighted by Gasteiger charge is -2.45. The van der Waals surface area contributed by atoms with Crippen molar-refractivity contribution in [2.75, 3.05) is 6.54 Å². The zero-order valence-electron chi connectivity index (χ0n) is 17.1. The number of carbonyl (C=O) groups excluding carboxylic acids is 1. The van der Waals surface area contributed by atoms with E-state index < -0.39 is 5.82 Å². The standard InChI is InChI=1S/C22H25ClFN5O2/c1-28-10-13(3-5-20(28)30)21-15-7-14-11-29(9-12-2-4-17(24)16(23)6-12)22(31)25-18(14)8-19(15)26-27-21/h2-6,10,14-15,18-19,21,26-27H,7-9,11H2,1H3,(H,25,31). The summed E-state index contributed by atoms with van der Waals surface area (Å²) in [5.41, 5.74) is 8.66. The Labute approximate surface area is 184 Å². The first-order chi connectivity index (χ1) is 14.9. The quantitative estimate of drug-likeness (QED) is 0.677. The first-order valence-electron chi connectivity index (χ1n) is 10.6. The second kappa shape index (κ2) is 7.93. The molecule has 1 aromatic carbocycles. The number of amides is 2. The molecule has 1 saturated carbocycles. The molecule has 31 heavy (non-hydrogen) atoms. The number of fused-ring (bicyclic) bond motifs is 2. The maximum absolute atomic E-state index is 13.5. The Morgan fingerprint density at radius 2 is 1.97 bits per heavy atom. The van der Waals surface area contributed by atoms with Crippen molar-refractivity contribution in [3.63, 3.8) is 0 Å². The number of pyridine rings is 1. The molecule has 9 heteroatoms. The molecule has 2 saturated heterocycles. The maximum Gasteiger partial charge on any atom is 0.317 e. The predicted molar refractivity (Wildman–Crippen MR) is 115 cm³/mol. The molecule has 2 aromatic rings. The van der Waals surface area contributed by atoms with Crippen LogP contribution in [0.5, 0.6) is 0 Å². The van der Waals surface area contributed by atoms with Crippen LogP contribution in [-0.2, 0) is 13.6 Å². The number of carbonyl (C=O) groups is 1. The van der Waals surface area contributed by atoms with Gasteiger partial charge in [-0.05, 0) is 47.9 Å². The highest BCUT2D eigenvalue weighted by molar-refractivity contribution is 6.30. The lowest BCUT2D eigenvalue weighted by atomic mass is 9.71. The van der Waals surface area contributed by atoms with Crippen molar-refractivity contribution >= 4 is 17.6 Å². The maximum atomic E-state index is 13.5. The number of aryl methyl sites for hydroxylation is 1. The molecular weight excluding hydrogens is 421 g/mol. The van der Waals surface area contributed by atoms with Crippen LogP contribution in [0.2, 0.25) is 5.02 Å². The van der Waals surface area contributed by atoms with Crippen molar-refractivity contribution in [1.82, 2.24) is 25.6 Å². The highest BCUT2D eigenvalue weighted by atomic mass is 35.5. The van der Waals surface area contributed by atoms with Gasteiger partial charge in [-0.3, -0.25) is 10.2 Å². The van der Waals surface area contributed by atoms with E-state index in [0.717, 1.165) is 24.0 Å². The Morgan fingerprint density at radius 1 is 1.13 bits per heavy atom. The minimum absolute atomic E-state index is 0.0264. The van der Waals surface area contributed by atoms with Gasteiger partial charge in [-0.2, -0.15) is 0 Å². The fraction of sp³-hybridized carbons (Fsp3) is 0.455. The molecule has 2 aliphatic heterocycles. The summed E-state index contributed by atoms with van der Waals surface area (Å²) in [6.45, 7) is 1.04. The zero-order chi connectivity index (χ0) is 21.7. The molecule has 7 nitrogen and oxygen atoms in total. The van der Waals surface area contributed by atoms with Gasteiger partial charge in [-0.25, -0.2) is 14.6 Å². The number of hydrogen-bond donors (Lipinski definition) is 3. The molecule has 5 unspecified atom stereocenters. The Balaban J connectivity index is 1.32. The third-order valence-corrected chi connectivity index (χ3v) is 7.19. The van der Waals surface area contributed by atoms with Gasteiger partial charge in [0.15, 0.2) is 0 Å². The van der Waals surface area contributed by atoms with Gasteiger partial charge in [0, 0.05) is 44.5 Å². The molecule has 0 spiro atoms. The number of hydrogen-bond acceptors (Lipinski definition) is 4. The number of aromatic nitrogens is 1. The smallest absolute Gasteiger partial charge is 0.317 e. The van der Waals surface area contributed by atoms with E-state index in [1.807, 2.05) is 12.3 Å². The Kier molecular flexibility index (Phi) is 5.24. The summed E-state index contributed by atoms with van der Waals surface area (Å²) in [6.07, 6.45) is 3.69. The highest BCUT2D eigenvalue weighted by Crippen LogP contribution is 2.41. The monoisotopic (exact) mass is 445 g/mol. The lowest BCUT2D eigenvalue weighted by Crippen LogP contribution is -2.60. The van der Waals surface area contributed by atoms with Gasteiger partial charge in [0.25, 0.3) is 0 Å². The van der Waals surface area contributed by atoms with Crippen LogP contribution in [0.25, 0.3) is 0 Å². The van der Waals surface area contributed by atoms with Crippen LogP contribution >= 0.6 is 11.6 Å². The summed E-state index contributed by atoms with van der Waals surface area (Å²) < 4.78 is 15.1. The molecular formula is C22H25ClFN5O2. The summed E-state index contributed by atoms with van der Waals surface area (Å²) in [5.74, 6) is 0.208. The molecule has 164 valence electrons. The fourth-order valence-electron chi connectivity index (χ4n) is 5.28. The number of hydrazine groups is 1. The largest absolute Gasteiger partial charge is 0.335 e. The third kappa shape index (κ3) is 3.84. The van der Waals surface area contributed by atoms with E-state index in [9.17, 15) is 14.0 Å². The van der Waals surface area contributed by atoms with Crippen molar-refractivity contribution in [3.05, 3.63) is 68.8 Å².